The van der Waals surface area contributed by atoms with E-state index in [1.807, 2.05) is 13.8 Å². The first kappa shape index (κ1) is 22.9. The topological polar surface area (TPSA) is 51.5 Å². The number of aliphatic carboxylic acids is 1. The number of carbonyl (C=O) groups is 1. The van der Waals surface area contributed by atoms with E-state index in [0.29, 0.717) is 17.9 Å². The Morgan fingerprint density at radius 2 is 1.74 bits per heavy atom. The number of benzene rings is 2. The van der Waals surface area contributed by atoms with Crippen LogP contribution in [0, 0.1) is 13.8 Å². The summed E-state index contributed by atoms with van der Waals surface area (Å²) in [6, 6.07) is 11.5. The second-order valence-corrected chi connectivity index (χ2v) is 8.09. The lowest BCUT2D eigenvalue weighted by molar-refractivity contribution is -0.139. The van der Waals surface area contributed by atoms with Gasteiger partial charge in [-0.05, 0) is 73.4 Å². The summed E-state index contributed by atoms with van der Waals surface area (Å²) < 4.78 is 48.9. The average Bonchev–Trinajstić information content (AvgIpc) is 3.13. The van der Waals surface area contributed by atoms with Crippen LogP contribution >= 0.6 is 15.9 Å². The molecule has 3 rings (SSSR count). The third-order valence-corrected chi connectivity index (χ3v) is 5.75. The molecule has 2 aromatic carbocycles. The highest BCUT2D eigenvalue weighted by atomic mass is 79.9. The van der Waals surface area contributed by atoms with Crippen molar-refractivity contribution >= 4 is 21.9 Å². The molecule has 0 unspecified atom stereocenters. The highest BCUT2D eigenvalue weighted by Gasteiger charge is 2.35. The molecule has 3 aromatic rings. The Labute approximate surface area is 186 Å². The maximum Gasteiger partial charge on any atom is 0.418 e. The quantitative estimate of drug-likeness (QED) is 0.408. The van der Waals surface area contributed by atoms with Gasteiger partial charge in [0.2, 0.25) is 0 Å². The zero-order valence-electron chi connectivity index (χ0n) is 17.0. The molecular formula is C23H21BrF3NO3. The van der Waals surface area contributed by atoms with E-state index in [-0.39, 0.29) is 18.7 Å². The number of aromatic nitrogens is 1. The molecule has 1 N–H and O–H groups in total. The lowest BCUT2D eigenvalue weighted by atomic mass is 9.99. The summed E-state index contributed by atoms with van der Waals surface area (Å²) in [6.45, 7) is 3.39. The predicted molar refractivity (Wildman–Crippen MR) is 115 cm³/mol. The van der Waals surface area contributed by atoms with E-state index in [2.05, 4.69) is 15.9 Å². The van der Waals surface area contributed by atoms with Crippen LogP contribution in [0.25, 0.3) is 5.69 Å². The minimum Gasteiger partial charge on any atom is -0.487 e. The van der Waals surface area contributed by atoms with Gasteiger partial charge in [-0.15, -0.1) is 0 Å². The molecule has 0 bridgehead atoms. The smallest absolute Gasteiger partial charge is 0.418 e. The van der Waals surface area contributed by atoms with Crippen LogP contribution in [-0.4, -0.2) is 15.6 Å². The maximum absolute atomic E-state index is 13.6. The van der Waals surface area contributed by atoms with Gasteiger partial charge in [0.1, 0.15) is 12.4 Å². The molecule has 0 fully saturated rings. The highest BCUT2D eigenvalue weighted by molar-refractivity contribution is 9.10. The van der Waals surface area contributed by atoms with Gasteiger partial charge >= 0.3 is 12.1 Å². The number of aryl methyl sites for hydroxylation is 1. The Morgan fingerprint density at radius 3 is 2.35 bits per heavy atom. The average molecular weight is 496 g/mol. The zero-order valence-corrected chi connectivity index (χ0v) is 18.5. The molecular weight excluding hydrogens is 475 g/mol. The maximum atomic E-state index is 13.6. The molecule has 0 aliphatic rings. The lowest BCUT2D eigenvalue weighted by Gasteiger charge is -2.17. The monoisotopic (exact) mass is 495 g/mol. The number of nitrogens with zero attached hydrogens (tertiary/aromatic N) is 1. The van der Waals surface area contributed by atoms with Crippen LogP contribution in [0.5, 0.6) is 5.75 Å². The summed E-state index contributed by atoms with van der Waals surface area (Å²) in [4.78, 5) is 10.8. The van der Waals surface area contributed by atoms with E-state index in [4.69, 9.17) is 9.84 Å². The van der Waals surface area contributed by atoms with Gasteiger partial charge < -0.3 is 14.4 Å². The normalized spacial score (nSPS) is 11.5. The van der Waals surface area contributed by atoms with Gasteiger partial charge in [0.05, 0.1) is 11.3 Å². The molecule has 164 valence electrons. The van der Waals surface area contributed by atoms with E-state index >= 15 is 0 Å². The number of halogens is 4. The number of hydrogen-bond acceptors (Lipinski definition) is 2. The molecule has 1 heterocycles. The van der Waals surface area contributed by atoms with Crippen LogP contribution in [0.2, 0.25) is 0 Å². The van der Waals surface area contributed by atoms with Gasteiger partial charge in [-0.25, -0.2) is 0 Å². The van der Waals surface area contributed by atoms with Crippen molar-refractivity contribution in [2.75, 3.05) is 0 Å². The van der Waals surface area contributed by atoms with E-state index in [1.165, 1.54) is 10.8 Å². The Kier molecular flexibility index (Phi) is 6.79. The Morgan fingerprint density at radius 1 is 1.06 bits per heavy atom. The van der Waals surface area contributed by atoms with Crippen molar-refractivity contribution in [2.45, 2.75) is 39.5 Å². The third kappa shape index (κ3) is 5.31. The number of alkyl halides is 3. The summed E-state index contributed by atoms with van der Waals surface area (Å²) in [7, 11) is 0. The molecule has 31 heavy (non-hydrogen) atoms. The molecule has 0 spiro atoms. The lowest BCUT2D eigenvalue weighted by Crippen LogP contribution is -2.13. The van der Waals surface area contributed by atoms with Crippen LogP contribution in [0.15, 0.2) is 53.1 Å². The summed E-state index contributed by atoms with van der Waals surface area (Å²) in [5.74, 6) is -0.418. The Balaban J connectivity index is 1.90. The van der Waals surface area contributed by atoms with E-state index in [9.17, 15) is 18.0 Å². The van der Waals surface area contributed by atoms with Gasteiger partial charge in [-0.1, -0.05) is 22.0 Å². The minimum atomic E-state index is -4.51. The Hall–Kier alpha value is -2.74. The molecule has 0 aliphatic carbocycles. The van der Waals surface area contributed by atoms with Crippen molar-refractivity contribution in [1.82, 2.24) is 4.57 Å². The van der Waals surface area contributed by atoms with Crippen molar-refractivity contribution in [3.05, 3.63) is 81.1 Å². The van der Waals surface area contributed by atoms with E-state index in [1.54, 1.807) is 36.4 Å². The fourth-order valence-corrected chi connectivity index (χ4v) is 3.65. The highest BCUT2D eigenvalue weighted by Crippen LogP contribution is 2.35. The largest absolute Gasteiger partial charge is 0.487 e. The van der Waals surface area contributed by atoms with Gasteiger partial charge in [0.15, 0.2) is 0 Å². The number of carboxylic acids is 1. The summed E-state index contributed by atoms with van der Waals surface area (Å²) in [6.07, 6.45) is -2.73. The molecule has 1 aromatic heterocycles. The first-order valence-electron chi connectivity index (χ1n) is 9.55. The van der Waals surface area contributed by atoms with Gasteiger partial charge in [0.25, 0.3) is 0 Å². The van der Waals surface area contributed by atoms with Crippen LogP contribution < -0.4 is 4.74 Å². The molecule has 0 aliphatic heterocycles. The van der Waals surface area contributed by atoms with Gasteiger partial charge in [-0.3, -0.25) is 4.79 Å². The van der Waals surface area contributed by atoms with Gasteiger partial charge in [-0.2, -0.15) is 13.2 Å². The zero-order chi connectivity index (χ0) is 22.8. The molecule has 0 saturated carbocycles. The third-order valence-electron chi connectivity index (χ3n) is 5.22. The molecule has 0 atom stereocenters. The van der Waals surface area contributed by atoms with Crippen molar-refractivity contribution in [3.8, 4) is 11.4 Å². The van der Waals surface area contributed by atoms with E-state index in [0.717, 1.165) is 27.2 Å². The fraction of sp³-hybridized carbons (Fsp3) is 0.261. The number of rotatable bonds is 7. The number of hydrogen-bond donors (Lipinski definition) is 1. The second-order valence-electron chi connectivity index (χ2n) is 7.18. The molecule has 0 saturated heterocycles. The van der Waals surface area contributed by atoms with Crippen LogP contribution in [0.1, 0.15) is 34.4 Å². The Bertz CT molecular complexity index is 1090. The number of carboxylic acid groups (broad SMARTS) is 1. The second kappa shape index (κ2) is 9.18. The van der Waals surface area contributed by atoms with Crippen molar-refractivity contribution < 1.29 is 27.8 Å². The molecule has 4 nitrogen and oxygen atoms in total. The summed E-state index contributed by atoms with van der Waals surface area (Å²) in [5.41, 5.74) is 2.37. The van der Waals surface area contributed by atoms with Gasteiger partial charge in [0, 0.05) is 22.8 Å². The summed E-state index contributed by atoms with van der Waals surface area (Å²) >= 11 is 3.33. The fourth-order valence-electron chi connectivity index (χ4n) is 3.38. The van der Waals surface area contributed by atoms with Crippen LogP contribution in [-0.2, 0) is 24.0 Å². The first-order valence-corrected chi connectivity index (χ1v) is 10.3. The van der Waals surface area contributed by atoms with Crippen LogP contribution in [0.3, 0.4) is 0 Å². The van der Waals surface area contributed by atoms with Crippen molar-refractivity contribution in [3.63, 3.8) is 0 Å². The first-order chi connectivity index (χ1) is 14.6. The molecule has 8 heteroatoms. The molecule has 0 radical (unpaired) electrons. The number of ether oxygens (including phenoxy) is 1. The summed E-state index contributed by atoms with van der Waals surface area (Å²) in [5, 5.41) is 8.88. The molecule has 0 amide bonds. The SMILES string of the molecule is Cc1c(CCC(=O)O)ccc(OCc2c(C(F)(F)F)ccn2-c2ccc(Br)cc2)c1C. The van der Waals surface area contributed by atoms with Crippen molar-refractivity contribution in [2.24, 2.45) is 0 Å². The van der Waals surface area contributed by atoms with Crippen molar-refractivity contribution in [1.29, 1.82) is 0 Å². The van der Waals surface area contributed by atoms with Crippen LogP contribution in [0.4, 0.5) is 13.2 Å². The minimum absolute atomic E-state index is 0.00169. The van der Waals surface area contributed by atoms with E-state index < -0.39 is 17.7 Å². The standard InChI is InChI=1S/C23H21BrF3NO3/c1-14-15(2)21(9-3-16(14)4-10-22(29)30)31-13-20-19(23(25,26)27)11-12-28(20)18-7-5-17(24)6-8-18/h3,5-9,11-12H,4,10,13H2,1-2H3,(H,29,30). The predicted octanol–water partition coefficient (Wildman–Crippen LogP) is 6.47.